The second-order valence-corrected chi connectivity index (χ2v) is 9.79. The van der Waals surface area contributed by atoms with Gasteiger partial charge in [0.2, 0.25) is 5.78 Å². The van der Waals surface area contributed by atoms with Gasteiger partial charge in [-0.3, -0.25) is 9.59 Å². The molecule has 4 atom stereocenters. The van der Waals surface area contributed by atoms with E-state index in [1.54, 1.807) is 20.8 Å². The van der Waals surface area contributed by atoms with E-state index in [1.807, 2.05) is 0 Å². The second-order valence-electron chi connectivity index (χ2n) is 9.79. The molecular weight excluding hydrogens is 386 g/mol. The Morgan fingerprint density at radius 3 is 2.27 bits per heavy atom. The number of ketones is 1. The first-order valence-corrected chi connectivity index (χ1v) is 10.9. The summed E-state index contributed by atoms with van der Waals surface area (Å²) in [5.41, 5.74) is 0.716. The second kappa shape index (κ2) is 7.52. The normalized spacial score (nSPS) is 31.6. The first-order chi connectivity index (χ1) is 14.1. The molecule has 0 amide bonds. The molecule has 1 aromatic heterocycles. The van der Waals surface area contributed by atoms with E-state index in [1.165, 1.54) is 0 Å². The van der Waals surface area contributed by atoms with Crippen molar-refractivity contribution in [3.05, 3.63) is 22.5 Å². The number of Topliss-reactive ketones (excluding diaryl/α,β-unsaturated/α-hetero) is 1. The van der Waals surface area contributed by atoms with Crippen molar-refractivity contribution < 1.29 is 29.0 Å². The van der Waals surface area contributed by atoms with Crippen LogP contribution in [0.5, 0.6) is 0 Å². The zero-order valence-electron chi connectivity index (χ0n) is 18.0. The predicted molar refractivity (Wildman–Crippen MR) is 108 cm³/mol. The monoisotopic (exact) mass is 417 g/mol. The number of ether oxygens (including phenoxy) is 2. The molecule has 2 unspecified atom stereocenters. The van der Waals surface area contributed by atoms with Crippen LogP contribution >= 0.6 is 0 Å². The summed E-state index contributed by atoms with van der Waals surface area (Å²) in [5, 5.41) is 10.9. The maximum atomic E-state index is 12.8. The summed E-state index contributed by atoms with van der Waals surface area (Å²) in [6.07, 6.45) is 5.66. The molecule has 164 valence electrons. The Morgan fingerprint density at radius 1 is 1.03 bits per heavy atom. The van der Waals surface area contributed by atoms with Crippen LogP contribution in [0.2, 0.25) is 0 Å². The number of rotatable bonds is 7. The molecule has 30 heavy (non-hydrogen) atoms. The lowest BCUT2D eigenvalue weighted by Crippen LogP contribution is -2.56. The van der Waals surface area contributed by atoms with Gasteiger partial charge in [0.25, 0.3) is 0 Å². The van der Waals surface area contributed by atoms with Gasteiger partial charge in [-0.1, -0.05) is 0 Å². The number of hydrogen-bond donors (Lipinski definition) is 2. The van der Waals surface area contributed by atoms with Crippen LogP contribution in [0, 0.1) is 31.1 Å². The first kappa shape index (κ1) is 21.1. The van der Waals surface area contributed by atoms with E-state index >= 15 is 0 Å². The van der Waals surface area contributed by atoms with E-state index in [0.717, 1.165) is 32.1 Å². The van der Waals surface area contributed by atoms with Crippen LogP contribution in [0.4, 0.5) is 0 Å². The fraction of sp³-hybridized carbons (Fsp3) is 0.696. The van der Waals surface area contributed by atoms with E-state index in [0.29, 0.717) is 29.6 Å². The van der Waals surface area contributed by atoms with Crippen molar-refractivity contribution in [1.82, 2.24) is 4.98 Å². The highest BCUT2D eigenvalue weighted by molar-refractivity contribution is 6.09. The molecule has 1 heterocycles. The van der Waals surface area contributed by atoms with Crippen molar-refractivity contribution in [2.45, 2.75) is 71.3 Å². The number of hydrogen-bond acceptors (Lipinski definition) is 6. The smallest absolute Gasteiger partial charge is 0.340 e. The van der Waals surface area contributed by atoms with Gasteiger partial charge in [-0.05, 0) is 76.5 Å². The molecule has 5 rings (SSSR count). The Kier molecular flexibility index (Phi) is 5.29. The van der Waals surface area contributed by atoms with Gasteiger partial charge in [0.05, 0.1) is 29.8 Å². The molecule has 7 nitrogen and oxygen atoms in total. The van der Waals surface area contributed by atoms with E-state index < -0.39 is 29.9 Å². The molecule has 7 heteroatoms. The van der Waals surface area contributed by atoms with Gasteiger partial charge in [0.1, 0.15) is 0 Å². The summed E-state index contributed by atoms with van der Waals surface area (Å²) in [6, 6.07) is 0. The van der Waals surface area contributed by atoms with Crippen LogP contribution in [0.1, 0.15) is 84.0 Å². The number of H-pyrrole nitrogens is 1. The number of esters is 2. The van der Waals surface area contributed by atoms with Gasteiger partial charge in [0, 0.05) is 11.4 Å². The predicted octanol–water partition coefficient (Wildman–Crippen LogP) is 3.26. The third-order valence-electron chi connectivity index (χ3n) is 7.17. The molecule has 1 aromatic rings. The summed E-state index contributed by atoms with van der Waals surface area (Å²) < 4.78 is 10.4. The number of aromatic nitrogens is 1. The zero-order valence-corrected chi connectivity index (χ0v) is 18.0. The molecule has 4 saturated carbocycles. The van der Waals surface area contributed by atoms with Crippen molar-refractivity contribution in [3.8, 4) is 0 Å². The van der Waals surface area contributed by atoms with Crippen molar-refractivity contribution in [1.29, 1.82) is 0 Å². The van der Waals surface area contributed by atoms with Crippen molar-refractivity contribution in [3.63, 3.8) is 0 Å². The highest BCUT2D eigenvalue weighted by atomic mass is 16.5. The molecule has 2 N–H and O–H groups in total. The van der Waals surface area contributed by atoms with Gasteiger partial charge < -0.3 is 19.6 Å². The van der Waals surface area contributed by atoms with Crippen molar-refractivity contribution in [2.75, 3.05) is 13.2 Å². The quantitative estimate of drug-likeness (QED) is 0.521. The maximum absolute atomic E-state index is 12.8. The Hall–Kier alpha value is -2.15. The van der Waals surface area contributed by atoms with Gasteiger partial charge in [0.15, 0.2) is 6.61 Å². The van der Waals surface area contributed by atoms with Crippen molar-refractivity contribution in [2.24, 2.45) is 17.3 Å². The number of aliphatic hydroxyl groups is 1. The minimum atomic E-state index is -0.630. The number of nitrogens with one attached hydrogen (secondary N) is 1. The molecular formula is C23H31NO6. The van der Waals surface area contributed by atoms with Crippen LogP contribution in [0.15, 0.2) is 0 Å². The van der Waals surface area contributed by atoms with Crippen LogP contribution in [-0.2, 0) is 14.3 Å². The first-order valence-electron chi connectivity index (χ1n) is 10.9. The van der Waals surface area contributed by atoms with Gasteiger partial charge in [-0.2, -0.15) is 0 Å². The molecule has 0 spiro atoms. The minimum Gasteiger partial charge on any atom is -0.462 e. The molecule has 0 saturated heterocycles. The number of carbonyl (C=O) groups is 3. The maximum Gasteiger partial charge on any atom is 0.340 e. The molecule has 4 fully saturated rings. The summed E-state index contributed by atoms with van der Waals surface area (Å²) in [4.78, 5) is 40.7. The zero-order chi connectivity index (χ0) is 21.7. The summed E-state index contributed by atoms with van der Waals surface area (Å²) >= 11 is 0. The summed E-state index contributed by atoms with van der Waals surface area (Å²) in [7, 11) is 0. The van der Waals surface area contributed by atoms with E-state index in [-0.39, 0.29) is 29.6 Å². The van der Waals surface area contributed by atoms with Gasteiger partial charge in [-0.25, -0.2) is 4.79 Å². The standard InChI is InChI=1S/C23H31NO6/c1-4-29-21(27)20-14(3)24-13(2)19(20)17(25)11-30-18(26)10-22-6-15-5-16(7-22)9-23(28,8-15)12-22/h15-16,24,28H,4-12H2,1-3H3/t15-,16+,22?,23?. The van der Waals surface area contributed by atoms with E-state index in [9.17, 15) is 19.5 Å². The van der Waals surface area contributed by atoms with Crippen molar-refractivity contribution >= 4 is 17.7 Å². The highest BCUT2D eigenvalue weighted by Gasteiger charge is 2.57. The Morgan fingerprint density at radius 2 is 1.67 bits per heavy atom. The third kappa shape index (κ3) is 3.80. The SMILES string of the molecule is CCOC(=O)c1c(C)[nH]c(C)c1C(=O)COC(=O)CC12C[C@@H]3C[C@@H](CC(O)(C3)C1)C2. The number of aromatic amines is 1. The Labute approximate surface area is 176 Å². The number of carbonyl (C=O) groups excluding carboxylic acids is 3. The Bertz CT molecular complexity index is 870. The molecule has 0 aromatic carbocycles. The lowest BCUT2D eigenvalue weighted by Gasteiger charge is -2.60. The summed E-state index contributed by atoms with van der Waals surface area (Å²) in [5.74, 6) is -0.406. The molecule has 4 aliphatic rings. The molecule has 4 bridgehead atoms. The van der Waals surface area contributed by atoms with E-state index in [4.69, 9.17) is 9.47 Å². The van der Waals surface area contributed by atoms with Gasteiger partial charge in [-0.15, -0.1) is 0 Å². The van der Waals surface area contributed by atoms with Crippen LogP contribution in [-0.4, -0.2) is 46.6 Å². The molecule has 0 radical (unpaired) electrons. The average Bonchev–Trinajstić information content (AvgIpc) is 2.91. The molecule has 4 aliphatic carbocycles. The van der Waals surface area contributed by atoms with Gasteiger partial charge >= 0.3 is 11.9 Å². The number of aryl methyl sites for hydroxylation is 2. The third-order valence-corrected chi connectivity index (χ3v) is 7.17. The highest BCUT2D eigenvalue weighted by Crippen LogP contribution is 2.62. The largest absolute Gasteiger partial charge is 0.462 e. The topological polar surface area (TPSA) is 106 Å². The Balaban J connectivity index is 1.41. The minimum absolute atomic E-state index is 0.199. The van der Waals surface area contributed by atoms with Crippen LogP contribution in [0.25, 0.3) is 0 Å². The lowest BCUT2D eigenvalue weighted by atomic mass is 9.47. The van der Waals surface area contributed by atoms with E-state index in [2.05, 4.69) is 4.98 Å². The van der Waals surface area contributed by atoms with Crippen LogP contribution < -0.4 is 0 Å². The lowest BCUT2D eigenvalue weighted by molar-refractivity contribution is -0.176. The fourth-order valence-corrected chi connectivity index (χ4v) is 6.77. The average molecular weight is 418 g/mol. The fourth-order valence-electron chi connectivity index (χ4n) is 6.77. The molecule has 0 aliphatic heterocycles. The van der Waals surface area contributed by atoms with Crippen LogP contribution in [0.3, 0.4) is 0 Å². The summed E-state index contributed by atoms with van der Waals surface area (Å²) in [6.45, 7) is 4.93.